The van der Waals surface area contributed by atoms with Gasteiger partial charge < -0.3 is 20.3 Å². The van der Waals surface area contributed by atoms with Crippen LogP contribution in [0.2, 0.25) is 0 Å². The number of carbonyl (C=O) groups excluding carboxylic acids is 2. The van der Waals surface area contributed by atoms with Crippen molar-refractivity contribution in [2.45, 2.75) is 38.3 Å². The number of hydrogen-bond donors (Lipinski definition) is 3. The molecule has 1 saturated carbocycles. The first-order chi connectivity index (χ1) is 12.5. The SMILES string of the molecule is C[C@@H]1CN(C(=O)C2CC(O)C2)C[C@@H]1NC(=O)Cc1c[nH]c2ccccc12. The third-order valence-electron chi connectivity index (χ3n) is 5.76. The maximum absolute atomic E-state index is 12.5. The van der Waals surface area contributed by atoms with E-state index in [0.29, 0.717) is 32.4 Å². The van der Waals surface area contributed by atoms with Crippen molar-refractivity contribution in [1.29, 1.82) is 0 Å². The van der Waals surface area contributed by atoms with Gasteiger partial charge >= 0.3 is 0 Å². The standard InChI is InChI=1S/C20H25N3O3/c1-12-10-23(20(26)13-6-15(24)7-13)11-18(12)22-19(25)8-14-9-21-17-5-3-2-4-16(14)17/h2-5,9,12-13,15,18,21,24H,6-8,10-11H2,1H3,(H,22,25)/t12-,13?,15?,18+/m1/s1. The Hall–Kier alpha value is -2.34. The van der Waals surface area contributed by atoms with E-state index in [2.05, 4.69) is 17.2 Å². The van der Waals surface area contributed by atoms with E-state index in [1.807, 2.05) is 35.4 Å². The van der Waals surface area contributed by atoms with Crippen LogP contribution >= 0.6 is 0 Å². The third kappa shape index (κ3) is 3.21. The molecule has 1 saturated heterocycles. The molecule has 6 nitrogen and oxygen atoms in total. The molecule has 0 radical (unpaired) electrons. The fourth-order valence-electron chi connectivity index (χ4n) is 4.09. The Morgan fingerprint density at radius 1 is 1.27 bits per heavy atom. The van der Waals surface area contributed by atoms with Crippen LogP contribution in [-0.2, 0) is 16.0 Å². The van der Waals surface area contributed by atoms with Gasteiger partial charge in [0.15, 0.2) is 0 Å². The molecule has 0 bridgehead atoms. The van der Waals surface area contributed by atoms with E-state index in [9.17, 15) is 14.7 Å². The Kier molecular flexibility index (Phi) is 4.44. The average Bonchev–Trinajstić information content (AvgIpc) is 3.16. The molecular weight excluding hydrogens is 330 g/mol. The van der Waals surface area contributed by atoms with E-state index in [4.69, 9.17) is 0 Å². The second-order valence-electron chi connectivity index (χ2n) is 7.75. The number of likely N-dealkylation sites (tertiary alicyclic amines) is 1. The zero-order valence-electron chi connectivity index (χ0n) is 14.9. The number of hydrogen-bond acceptors (Lipinski definition) is 3. The highest BCUT2D eigenvalue weighted by atomic mass is 16.3. The van der Waals surface area contributed by atoms with E-state index in [-0.39, 0.29) is 35.8 Å². The Labute approximate surface area is 152 Å². The van der Waals surface area contributed by atoms with Gasteiger partial charge in [-0.3, -0.25) is 9.59 Å². The molecule has 0 spiro atoms. The lowest BCUT2D eigenvalue weighted by Crippen LogP contribution is -2.45. The molecule has 2 aromatic rings. The topological polar surface area (TPSA) is 85.4 Å². The number of benzene rings is 1. The molecule has 1 aliphatic heterocycles. The molecule has 2 heterocycles. The smallest absolute Gasteiger partial charge is 0.225 e. The van der Waals surface area contributed by atoms with Crippen molar-refractivity contribution in [1.82, 2.24) is 15.2 Å². The molecule has 26 heavy (non-hydrogen) atoms. The van der Waals surface area contributed by atoms with Gasteiger partial charge in [0.2, 0.25) is 11.8 Å². The highest BCUT2D eigenvalue weighted by Gasteiger charge is 2.40. The summed E-state index contributed by atoms with van der Waals surface area (Å²) < 4.78 is 0. The number of rotatable bonds is 4. The molecule has 2 aliphatic rings. The van der Waals surface area contributed by atoms with Gasteiger partial charge in [-0.2, -0.15) is 0 Å². The summed E-state index contributed by atoms with van der Waals surface area (Å²) in [6, 6.07) is 7.94. The Balaban J connectivity index is 1.35. The fraction of sp³-hybridized carbons (Fsp3) is 0.500. The summed E-state index contributed by atoms with van der Waals surface area (Å²) in [7, 11) is 0. The summed E-state index contributed by atoms with van der Waals surface area (Å²) in [4.78, 5) is 30.0. The van der Waals surface area contributed by atoms with Crippen LogP contribution in [0.15, 0.2) is 30.5 Å². The highest BCUT2D eigenvalue weighted by Crippen LogP contribution is 2.31. The summed E-state index contributed by atoms with van der Waals surface area (Å²) in [5, 5.41) is 13.6. The second-order valence-corrected chi connectivity index (χ2v) is 7.75. The lowest BCUT2D eigenvalue weighted by Gasteiger charge is -2.33. The minimum Gasteiger partial charge on any atom is -0.393 e. The quantitative estimate of drug-likeness (QED) is 0.776. The second kappa shape index (κ2) is 6.76. The van der Waals surface area contributed by atoms with Crippen LogP contribution < -0.4 is 5.32 Å². The lowest BCUT2D eigenvalue weighted by atomic mass is 9.81. The normalized spacial score (nSPS) is 28.2. The van der Waals surface area contributed by atoms with Gasteiger partial charge in [-0.15, -0.1) is 0 Å². The summed E-state index contributed by atoms with van der Waals surface area (Å²) in [6.45, 7) is 3.30. The monoisotopic (exact) mass is 355 g/mol. The number of H-pyrrole nitrogens is 1. The predicted octanol–water partition coefficient (Wildman–Crippen LogP) is 1.44. The fourth-order valence-corrected chi connectivity index (χ4v) is 4.09. The zero-order valence-corrected chi connectivity index (χ0v) is 14.9. The number of aromatic amines is 1. The average molecular weight is 355 g/mol. The van der Waals surface area contributed by atoms with Crippen molar-refractivity contribution in [3.05, 3.63) is 36.0 Å². The molecule has 2 amide bonds. The van der Waals surface area contributed by atoms with E-state index in [1.165, 1.54) is 0 Å². The number of nitrogens with one attached hydrogen (secondary N) is 2. The molecular formula is C20H25N3O3. The van der Waals surface area contributed by atoms with Gasteiger partial charge in [0.05, 0.1) is 18.6 Å². The molecule has 1 aromatic carbocycles. The lowest BCUT2D eigenvalue weighted by molar-refractivity contribution is -0.141. The number of nitrogens with zero attached hydrogens (tertiary/aromatic N) is 1. The van der Waals surface area contributed by atoms with Gasteiger partial charge in [-0.05, 0) is 30.4 Å². The number of para-hydroxylation sites is 1. The third-order valence-corrected chi connectivity index (χ3v) is 5.76. The number of aliphatic hydroxyl groups is 1. The summed E-state index contributed by atoms with van der Waals surface area (Å²) >= 11 is 0. The van der Waals surface area contributed by atoms with Crippen molar-refractivity contribution in [2.75, 3.05) is 13.1 Å². The Bertz CT molecular complexity index is 825. The Morgan fingerprint density at radius 2 is 2.04 bits per heavy atom. The molecule has 138 valence electrons. The van der Waals surface area contributed by atoms with E-state index in [0.717, 1.165) is 16.5 Å². The minimum absolute atomic E-state index is 0.0124. The largest absolute Gasteiger partial charge is 0.393 e. The van der Waals surface area contributed by atoms with Crippen LogP contribution in [-0.4, -0.2) is 52.0 Å². The molecule has 2 fully saturated rings. The molecule has 4 rings (SSSR count). The molecule has 0 unspecified atom stereocenters. The van der Waals surface area contributed by atoms with Crippen molar-refractivity contribution in [2.24, 2.45) is 11.8 Å². The molecule has 1 aromatic heterocycles. The van der Waals surface area contributed by atoms with Gasteiger partial charge in [-0.1, -0.05) is 25.1 Å². The highest BCUT2D eigenvalue weighted by molar-refractivity contribution is 5.89. The summed E-state index contributed by atoms with van der Waals surface area (Å²) in [6.07, 6.45) is 3.04. The molecule has 1 aliphatic carbocycles. The zero-order chi connectivity index (χ0) is 18.3. The number of amides is 2. The van der Waals surface area contributed by atoms with E-state index in [1.54, 1.807) is 0 Å². The Morgan fingerprint density at radius 3 is 2.81 bits per heavy atom. The number of carbonyl (C=O) groups is 2. The van der Waals surface area contributed by atoms with Crippen LogP contribution in [0, 0.1) is 11.8 Å². The van der Waals surface area contributed by atoms with Crippen LogP contribution in [0.4, 0.5) is 0 Å². The van der Waals surface area contributed by atoms with Gasteiger partial charge in [0.25, 0.3) is 0 Å². The van der Waals surface area contributed by atoms with E-state index >= 15 is 0 Å². The molecule has 2 atom stereocenters. The number of aromatic nitrogens is 1. The molecule has 3 N–H and O–H groups in total. The van der Waals surface area contributed by atoms with Crippen LogP contribution in [0.5, 0.6) is 0 Å². The van der Waals surface area contributed by atoms with Crippen molar-refractivity contribution >= 4 is 22.7 Å². The van der Waals surface area contributed by atoms with Gasteiger partial charge in [-0.25, -0.2) is 0 Å². The maximum atomic E-state index is 12.5. The summed E-state index contributed by atoms with van der Waals surface area (Å²) in [5.74, 6) is 0.296. The predicted molar refractivity (Wildman–Crippen MR) is 98.4 cm³/mol. The van der Waals surface area contributed by atoms with Crippen LogP contribution in [0.1, 0.15) is 25.3 Å². The minimum atomic E-state index is -0.323. The molecule has 6 heteroatoms. The van der Waals surface area contributed by atoms with Crippen molar-refractivity contribution in [3.8, 4) is 0 Å². The van der Waals surface area contributed by atoms with Gasteiger partial charge in [0, 0.05) is 36.1 Å². The number of fused-ring (bicyclic) bond motifs is 1. The van der Waals surface area contributed by atoms with Crippen molar-refractivity contribution in [3.63, 3.8) is 0 Å². The van der Waals surface area contributed by atoms with Crippen LogP contribution in [0.25, 0.3) is 10.9 Å². The number of aliphatic hydroxyl groups excluding tert-OH is 1. The van der Waals surface area contributed by atoms with E-state index < -0.39 is 0 Å². The maximum Gasteiger partial charge on any atom is 0.225 e. The first kappa shape index (κ1) is 17.1. The van der Waals surface area contributed by atoms with Crippen LogP contribution in [0.3, 0.4) is 0 Å². The first-order valence-corrected chi connectivity index (χ1v) is 9.32. The van der Waals surface area contributed by atoms with Gasteiger partial charge in [0.1, 0.15) is 0 Å². The first-order valence-electron chi connectivity index (χ1n) is 9.32. The van der Waals surface area contributed by atoms with Crippen molar-refractivity contribution < 1.29 is 14.7 Å². The summed E-state index contributed by atoms with van der Waals surface area (Å²) in [5.41, 5.74) is 2.02.